The van der Waals surface area contributed by atoms with Gasteiger partial charge < -0.3 is 19.9 Å². The average molecular weight is 446 g/mol. The van der Waals surface area contributed by atoms with Gasteiger partial charge in [0.25, 0.3) is 11.5 Å². The molecule has 1 aliphatic rings. The molecule has 2 aromatic rings. The van der Waals surface area contributed by atoms with E-state index >= 15 is 0 Å². The van der Waals surface area contributed by atoms with Crippen LogP contribution in [-0.2, 0) is 11.3 Å². The first-order chi connectivity index (χ1) is 14.8. The van der Waals surface area contributed by atoms with Gasteiger partial charge in [0.05, 0.1) is 0 Å². The molecule has 0 unspecified atom stereocenters. The molecule has 1 aromatic carbocycles. The summed E-state index contributed by atoms with van der Waals surface area (Å²) < 4.78 is 5.54. The molecule has 1 amide bonds. The first kappa shape index (κ1) is 23.4. The number of benzene rings is 1. The molecule has 0 atom stereocenters. The van der Waals surface area contributed by atoms with Crippen LogP contribution >= 0.6 is 11.6 Å². The Morgan fingerprint density at radius 2 is 1.94 bits per heavy atom. The van der Waals surface area contributed by atoms with E-state index in [-0.39, 0.29) is 18.0 Å². The number of aromatic amines is 1. The van der Waals surface area contributed by atoms with Gasteiger partial charge >= 0.3 is 0 Å². The van der Waals surface area contributed by atoms with Crippen LogP contribution in [0.1, 0.15) is 58.9 Å². The van der Waals surface area contributed by atoms with Crippen LogP contribution in [0, 0.1) is 20.8 Å². The maximum atomic E-state index is 13.1. The van der Waals surface area contributed by atoms with E-state index in [1.54, 1.807) is 6.07 Å². The molecule has 3 rings (SSSR count). The molecule has 0 aliphatic carbocycles. The van der Waals surface area contributed by atoms with Gasteiger partial charge in [0, 0.05) is 59.9 Å². The number of carbonyl (C=O) groups excluding carboxylic acids is 1. The molecule has 168 valence electrons. The highest BCUT2D eigenvalue weighted by molar-refractivity contribution is 6.31. The number of rotatable bonds is 7. The Hall–Kier alpha value is -2.31. The predicted molar refractivity (Wildman–Crippen MR) is 125 cm³/mol. The van der Waals surface area contributed by atoms with E-state index in [1.807, 2.05) is 32.9 Å². The predicted octanol–water partition coefficient (Wildman–Crippen LogP) is 4.28. The minimum atomic E-state index is -0.232. The second-order valence-corrected chi connectivity index (χ2v) is 8.70. The zero-order valence-electron chi connectivity index (χ0n) is 18.8. The molecule has 1 saturated heterocycles. The summed E-state index contributed by atoms with van der Waals surface area (Å²) in [5, 5.41) is 3.44. The summed E-state index contributed by atoms with van der Waals surface area (Å²) in [6, 6.07) is 5.93. The summed E-state index contributed by atoms with van der Waals surface area (Å²) in [7, 11) is 0. The van der Waals surface area contributed by atoms with Crippen molar-refractivity contribution in [1.29, 1.82) is 0 Å². The highest BCUT2D eigenvalue weighted by Gasteiger charge is 2.25. The number of amides is 1. The van der Waals surface area contributed by atoms with Gasteiger partial charge in [-0.25, -0.2) is 0 Å². The zero-order valence-corrected chi connectivity index (χ0v) is 19.6. The van der Waals surface area contributed by atoms with E-state index in [0.29, 0.717) is 22.2 Å². The number of aryl methyl sites for hydroxylation is 2. The van der Waals surface area contributed by atoms with Crippen LogP contribution in [0.2, 0.25) is 5.02 Å². The van der Waals surface area contributed by atoms with Gasteiger partial charge in [-0.2, -0.15) is 0 Å². The van der Waals surface area contributed by atoms with Crippen molar-refractivity contribution < 1.29 is 9.53 Å². The Kier molecular flexibility index (Phi) is 7.79. The topological polar surface area (TPSA) is 74.4 Å². The Balaban J connectivity index is 1.87. The van der Waals surface area contributed by atoms with E-state index in [2.05, 4.69) is 22.1 Å². The lowest BCUT2D eigenvalue weighted by molar-refractivity contribution is 0.0843. The first-order valence-corrected chi connectivity index (χ1v) is 11.3. The fraction of sp³-hybridized carbons (Fsp3) is 0.500. The van der Waals surface area contributed by atoms with Crippen molar-refractivity contribution in [3.63, 3.8) is 0 Å². The minimum absolute atomic E-state index is 0.167. The molecule has 2 heterocycles. The number of anilines is 1. The van der Waals surface area contributed by atoms with Crippen LogP contribution in [-0.4, -0.2) is 36.7 Å². The van der Waals surface area contributed by atoms with Crippen molar-refractivity contribution >= 4 is 23.2 Å². The third-order valence-electron chi connectivity index (χ3n) is 5.91. The Bertz CT molecular complexity index is 996. The zero-order chi connectivity index (χ0) is 22.5. The fourth-order valence-corrected chi connectivity index (χ4v) is 4.51. The van der Waals surface area contributed by atoms with Gasteiger partial charge in [-0.3, -0.25) is 9.59 Å². The van der Waals surface area contributed by atoms with Crippen molar-refractivity contribution in [3.8, 4) is 0 Å². The van der Waals surface area contributed by atoms with Gasteiger partial charge in [-0.05, 0) is 69.4 Å². The lowest BCUT2D eigenvalue weighted by Crippen LogP contribution is -2.40. The Morgan fingerprint density at radius 1 is 1.23 bits per heavy atom. The molecule has 1 fully saturated rings. The maximum Gasteiger partial charge on any atom is 0.253 e. The number of halogens is 1. The van der Waals surface area contributed by atoms with Crippen LogP contribution in [0.25, 0.3) is 0 Å². The van der Waals surface area contributed by atoms with E-state index in [0.717, 1.165) is 61.5 Å². The molecule has 0 saturated carbocycles. The summed E-state index contributed by atoms with van der Waals surface area (Å²) in [5.41, 5.74) is 4.49. The number of carbonyl (C=O) groups is 1. The number of nitrogens with zero attached hydrogens (tertiary/aromatic N) is 1. The van der Waals surface area contributed by atoms with E-state index < -0.39 is 0 Å². The summed E-state index contributed by atoms with van der Waals surface area (Å²) in [6.45, 7) is 10.4. The van der Waals surface area contributed by atoms with Crippen molar-refractivity contribution in [2.75, 3.05) is 24.7 Å². The highest BCUT2D eigenvalue weighted by Crippen LogP contribution is 2.32. The number of aromatic nitrogens is 1. The molecule has 2 N–H and O–H groups in total. The Morgan fingerprint density at radius 3 is 2.58 bits per heavy atom. The number of hydrogen-bond acceptors (Lipinski definition) is 4. The van der Waals surface area contributed by atoms with Gasteiger partial charge in [0.1, 0.15) is 0 Å². The normalized spacial score (nSPS) is 14.5. The molecule has 0 radical (unpaired) electrons. The van der Waals surface area contributed by atoms with Crippen LogP contribution in [0.4, 0.5) is 5.69 Å². The van der Waals surface area contributed by atoms with E-state index in [4.69, 9.17) is 16.3 Å². The SMILES string of the molecule is CCCN(c1cc(Cl)cc(C(=O)NCc2c(C)cc(C)[nH]c2=O)c1C)C1CCOCC1. The second-order valence-electron chi connectivity index (χ2n) is 8.26. The molecule has 1 aliphatic heterocycles. The number of nitrogens with one attached hydrogen (secondary N) is 2. The van der Waals surface area contributed by atoms with Crippen molar-refractivity contribution in [1.82, 2.24) is 10.3 Å². The smallest absolute Gasteiger partial charge is 0.253 e. The molecule has 7 heteroatoms. The van der Waals surface area contributed by atoms with Crippen molar-refractivity contribution in [2.24, 2.45) is 0 Å². The Labute approximate surface area is 188 Å². The second kappa shape index (κ2) is 10.3. The minimum Gasteiger partial charge on any atom is -0.381 e. The van der Waals surface area contributed by atoms with E-state index in [9.17, 15) is 9.59 Å². The number of pyridine rings is 1. The standard InChI is InChI=1S/C24H32ClN3O3/c1-5-8-28(19-6-9-31-10-7-19)22-13-18(25)12-20(17(22)4)23(29)26-14-21-15(2)11-16(3)27-24(21)30/h11-13,19H,5-10,14H2,1-4H3,(H,26,29)(H,27,30). The summed E-state index contributed by atoms with van der Waals surface area (Å²) in [4.78, 5) is 30.5. The highest BCUT2D eigenvalue weighted by atomic mass is 35.5. The fourth-order valence-electron chi connectivity index (χ4n) is 4.30. The molecular weight excluding hydrogens is 414 g/mol. The maximum absolute atomic E-state index is 13.1. The molecule has 31 heavy (non-hydrogen) atoms. The molecule has 6 nitrogen and oxygen atoms in total. The summed E-state index contributed by atoms with van der Waals surface area (Å²) >= 11 is 6.45. The summed E-state index contributed by atoms with van der Waals surface area (Å²) in [5.74, 6) is -0.232. The quantitative estimate of drug-likeness (QED) is 0.667. The number of hydrogen-bond donors (Lipinski definition) is 2. The molecule has 0 spiro atoms. The van der Waals surface area contributed by atoms with Crippen LogP contribution in [0.5, 0.6) is 0 Å². The largest absolute Gasteiger partial charge is 0.381 e. The third-order valence-corrected chi connectivity index (χ3v) is 6.13. The third kappa shape index (κ3) is 5.49. The van der Waals surface area contributed by atoms with Gasteiger partial charge in [-0.1, -0.05) is 18.5 Å². The lowest BCUT2D eigenvalue weighted by Gasteiger charge is -2.37. The van der Waals surface area contributed by atoms with E-state index in [1.165, 1.54) is 0 Å². The first-order valence-electron chi connectivity index (χ1n) is 10.9. The van der Waals surface area contributed by atoms with Gasteiger partial charge in [-0.15, -0.1) is 0 Å². The van der Waals surface area contributed by atoms with Crippen molar-refractivity contribution in [2.45, 2.75) is 59.5 Å². The van der Waals surface area contributed by atoms with Gasteiger partial charge in [0.15, 0.2) is 0 Å². The number of H-pyrrole nitrogens is 1. The van der Waals surface area contributed by atoms with Crippen molar-refractivity contribution in [3.05, 3.63) is 61.5 Å². The average Bonchev–Trinajstić information content (AvgIpc) is 2.73. The monoisotopic (exact) mass is 445 g/mol. The lowest BCUT2D eigenvalue weighted by atomic mass is 10.0. The number of ether oxygens (including phenoxy) is 1. The molecule has 1 aromatic heterocycles. The molecular formula is C24H32ClN3O3. The van der Waals surface area contributed by atoms with Crippen LogP contribution in [0.15, 0.2) is 23.0 Å². The summed E-state index contributed by atoms with van der Waals surface area (Å²) in [6.07, 6.45) is 2.92. The van der Waals surface area contributed by atoms with Crippen LogP contribution in [0.3, 0.4) is 0 Å². The van der Waals surface area contributed by atoms with Crippen LogP contribution < -0.4 is 15.8 Å². The van der Waals surface area contributed by atoms with Gasteiger partial charge in [0.2, 0.25) is 0 Å². The molecule has 0 bridgehead atoms.